The van der Waals surface area contributed by atoms with E-state index in [4.69, 9.17) is 0 Å². The van der Waals surface area contributed by atoms with E-state index in [9.17, 15) is 22.8 Å². The van der Waals surface area contributed by atoms with Gasteiger partial charge in [-0.3, -0.25) is 4.79 Å². The highest BCUT2D eigenvalue weighted by Crippen LogP contribution is 2.43. The van der Waals surface area contributed by atoms with Crippen molar-refractivity contribution in [3.63, 3.8) is 0 Å². The fourth-order valence-corrected chi connectivity index (χ4v) is 7.23. The molecule has 1 unspecified atom stereocenters. The molecule has 46 heavy (non-hydrogen) atoms. The Kier molecular flexibility index (Phi) is 11.0. The number of nitrogens with zero attached hydrogens (tertiary/aromatic N) is 3. The van der Waals surface area contributed by atoms with Gasteiger partial charge in [0.2, 0.25) is 0 Å². The monoisotopic (exact) mass is 634 g/mol. The third-order valence-corrected chi connectivity index (χ3v) is 9.71. The summed E-state index contributed by atoms with van der Waals surface area (Å²) in [7, 11) is 1.72. The van der Waals surface area contributed by atoms with Gasteiger partial charge < -0.3 is 20.0 Å². The fourth-order valence-electron chi connectivity index (χ4n) is 7.23. The molecule has 1 saturated heterocycles. The van der Waals surface area contributed by atoms with Gasteiger partial charge in [-0.25, -0.2) is 4.79 Å². The zero-order valence-corrected chi connectivity index (χ0v) is 26.8. The maximum atomic E-state index is 13.4. The Morgan fingerprint density at radius 3 is 2.22 bits per heavy atom. The molecule has 1 aliphatic carbocycles. The maximum absolute atomic E-state index is 13.4. The van der Waals surface area contributed by atoms with Gasteiger partial charge >= 0.3 is 12.2 Å². The second-order valence-corrected chi connectivity index (χ2v) is 12.8. The Bertz CT molecular complexity index is 1430. The maximum Gasteiger partial charge on any atom is 0.416 e. The van der Waals surface area contributed by atoms with E-state index in [-0.39, 0.29) is 35.5 Å². The van der Waals surface area contributed by atoms with Gasteiger partial charge in [-0.15, -0.1) is 0 Å². The van der Waals surface area contributed by atoms with Gasteiger partial charge in [0.1, 0.15) is 0 Å². The molecule has 1 N–H and O–H groups in total. The highest BCUT2D eigenvalue weighted by Gasteiger charge is 2.40. The number of nitrogens with one attached hydrogen (secondary N) is 1. The Morgan fingerprint density at radius 1 is 0.891 bits per heavy atom. The molecule has 1 saturated carbocycles. The summed E-state index contributed by atoms with van der Waals surface area (Å²) in [5, 5.41) is 3.11. The molecular formula is C37H45F3N4O2. The molecule has 3 aromatic rings. The van der Waals surface area contributed by atoms with Gasteiger partial charge in [-0.05, 0) is 73.3 Å². The number of amides is 3. The number of carbonyl (C=O) groups is 2. The van der Waals surface area contributed by atoms with Crippen LogP contribution in [0.25, 0.3) is 0 Å². The summed E-state index contributed by atoms with van der Waals surface area (Å²) >= 11 is 0. The predicted octanol–water partition coefficient (Wildman–Crippen LogP) is 7.43. The number of hydrogen-bond donors (Lipinski definition) is 1. The summed E-state index contributed by atoms with van der Waals surface area (Å²) in [5.74, 6) is 0.147. The predicted molar refractivity (Wildman–Crippen MR) is 174 cm³/mol. The van der Waals surface area contributed by atoms with Gasteiger partial charge in [0.25, 0.3) is 5.91 Å². The van der Waals surface area contributed by atoms with Crippen molar-refractivity contribution in [3.8, 4) is 0 Å². The molecule has 0 radical (unpaired) electrons. The molecule has 3 atom stereocenters. The van der Waals surface area contributed by atoms with Crippen LogP contribution in [0, 0.1) is 5.92 Å². The van der Waals surface area contributed by atoms with Gasteiger partial charge in [0.05, 0.1) is 5.56 Å². The van der Waals surface area contributed by atoms with E-state index in [1.807, 2.05) is 53.4 Å². The van der Waals surface area contributed by atoms with Crippen LogP contribution in [0.2, 0.25) is 0 Å². The molecule has 3 amide bonds. The van der Waals surface area contributed by atoms with Crippen molar-refractivity contribution in [2.45, 2.75) is 69.8 Å². The topological polar surface area (TPSA) is 55.9 Å². The lowest BCUT2D eigenvalue weighted by Gasteiger charge is -2.39. The molecule has 6 nitrogen and oxygen atoms in total. The molecule has 1 aliphatic heterocycles. The molecule has 9 heteroatoms. The van der Waals surface area contributed by atoms with Gasteiger partial charge in [-0.1, -0.05) is 73.7 Å². The lowest BCUT2D eigenvalue weighted by Crippen LogP contribution is -2.51. The first kappa shape index (κ1) is 33.5. The number of alkyl halides is 3. The van der Waals surface area contributed by atoms with Crippen LogP contribution >= 0.6 is 0 Å². The van der Waals surface area contributed by atoms with E-state index in [1.165, 1.54) is 17.7 Å². The highest BCUT2D eigenvalue weighted by atomic mass is 19.4. The van der Waals surface area contributed by atoms with Crippen molar-refractivity contribution < 1.29 is 22.8 Å². The SMILES string of the molecule is CCCN(C(=O)NCc1ccccc1)C1CCN(C[C@H]2CC(N(C)C(=O)c3cccc(C(F)(F)F)c3)C[C@@H]2c2ccccc2)CC1. The number of hydrogen-bond acceptors (Lipinski definition) is 3. The zero-order valence-electron chi connectivity index (χ0n) is 26.8. The first-order valence-corrected chi connectivity index (χ1v) is 16.4. The van der Waals surface area contributed by atoms with Crippen molar-refractivity contribution in [2.24, 2.45) is 5.92 Å². The lowest BCUT2D eigenvalue weighted by atomic mass is 9.88. The molecule has 0 aromatic heterocycles. The zero-order chi connectivity index (χ0) is 32.7. The minimum Gasteiger partial charge on any atom is -0.339 e. The van der Waals surface area contributed by atoms with Crippen LogP contribution in [0.4, 0.5) is 18.0 Å². The Labute approximate surface area is 270 Å². The van der Waals surface area contributed by atoms with Crippen molar-refractivity contribution in [3.05, 3.63) is 107 Å². The third-order valence-electron chi connectivity index (χ3n) is 9.71. The van der Waals surface area contributed by atoms with Crippen molar-refractivity contribution >= 4 is 11.9 Å². The highest BCUT2D eigenvalue weighted by molar-refractivity contribution is 5.94. The summed E-state index contributed by atoms with van der Waals surface area (Å²) in [4.78, 5) is 32.7. The molecule has 0 bridgehead atoms. The lowest BCUT2D eigenvalue weighted by molar-refractivity contribution is -0.137. The van der Waals surface area contributed by atoms with Gasteiger partial charge in [-0.2, -0.15) is 13.2 Å². The molecule has 3 aromatic carbocycles. The van der Waals surface area contributed by atoms with Crippen molar-refractivity contribution in [1.82, 2.24) is 20.0 Å². The normalized spacial score (nSPS) is 20.8. The van der Waals surface area contributed by atoms with Crippen LogP contribution in [0.1, 0.15) is 72.0 Å². The van der Waals surface area contributed by atoms with Crippen molar-refractivity contribution in [1.29, 1.82) is 0 Å². The summed E-state index contributed by atoms with van der Waals surface area (Å²) in [6, 6.07) is 25.1. The molecule has 5 rings (SSSR count). The van der Waals surface area contributed by atoms with E-state index in [1.54, 1.807) is 11.9 Å². The average Bonchev–Trinajstić information content (AvgIpc) is 3.50. The van der Waals surface area contributed by atoms with Gasteiger partial charge in [0, 0.05) is 57.4 Å². The quantitative estimate of drug-likeness (QED) is 0.253. The van der Waals surface area contributed by atoms with Crippen LogP contribution in [0.3, 0.4) is 0 Å². The fraction of sp³-hybridized carbons (Fsp3) is 0.459. The Morgan fingerprint density at radius 2 is 1.57 bits per heavy atom. The molecular weight excluding hydrogens is 589 g/mol. The largest absolute Gasteiger partial charge is 0.416 e. The summed E-state index contributed by atoms with van der Waals surface area (Å²) in [6.07, 6.45) is -0.257. The minimum absolute atomic E-state index is 0.0135. The summed E-state index contributed by atoms with van der Waals surface area (Å²) < 4.78 is 40.0. The number of halogens is 3. The van der Waals surface area contributed by atoms with Crippen LogP contribution in [0.5, 0.6) is 0 Å². The number of rotatable bonds is 10. The second-order valence-electron chi connectivity index (χ2n) is 12.8. The molecule has 1 heterocycles. The number of carbonyl (C=O) groups excluding carboxylic acids is 2. The van der Waals surface area contributed by atoms with E-state index in [2.05, 4.69) is 29.3 Å². The van der Waals surface area contributed by atoms with E-state index < -0.39 is 11.7 Å². The Balaban J connectivity index is 1.22. The number of piperidine rings is 1. The van der Waals surface area contributed by atoms with E-state index >= 15 is 0 Å². The van der Waals surface area contributed by atoms with Gasteiger partial charge in [0.15, 0.2) is 0 Å². The standard InChI is InChI=1S/C37H45F3N4O2/c1-3-19-44(36(46)41-25-27-11-6-4-7-12-27)32-17-20-43(21-18-32)26-30-23-33(24-34(30)28-13-8-5-9-14-28)42(2)35(45)29-15-10-16-31(22-29)37(38,39)40/h4-16,22,30,32-34H,3,17-21,23-26H2,1-2H3,(H,41,46)/t30-,33?,34-/m1/s1. The number of likely N-dealkylation sites (tertiary alicyclic amines) is 1. The molecule has 246 valence electrons. The first-order chi connectivity index (χ1) is 22.1. The summed E-state index contributed by atoms with van der Waals surface area (Å²) in [5.41, 5.74) is 1.55. The van der Waals surface area contributed by atoms with Crippen LogP contribution in [0.15, 0.2) is 84.9 Å². The summed E-state index contributed by atoms with van der Waals surface area (Å²) in [6.45, 7) is 5.98. The molecule has 2 aliphatic rings. The van der Waals surface area contributed by atoms with Crippen LogP contribution in [-0.2, 0) is 12.7 Å². The number of benzene rings is 3. The smallest absolute Gasteiger partial charge is 0.339 e. The van der Waals surface area contributed by atoms with Crippen molar-refractivity contribution in [2.75, 3.05) is 33.2 Å². The van der Waals surface area contributed by atoms with E-state index in [0.717, 1.165) is 76.0 Å². The Hall–Kier alpha value is -3.85. The minimum atomic E-state index is -4.50. The molecule has 2 fully saturated rings. The average molecular weight is 635 g/mol. The number of urea groups is 1. The third kappa shape index (κ3) is 8.29. The first-order valence-electron chi connectivity index (χ1n) is 16.4. The second kappa shape index (κ2) is 15.2. The van der Waals surface area contributed by atoms with Crippen LogP contribution in [-0.4, -0.2) is 71.9 Å². The van der Waals surface area contributed by atoms with E-state index in [0.29, 0.717) is 12.5 Å². The molecule has 0 spiro atoms. The van der Waals surface area contributed by atoms with Crippen LogP contribution < -0.4 is 5.32 Å².